The molecule has 98 valence electrons. The number of nitrogens with one attached hydrogen (secondary N) is 1. The number of carbonyl (C=O) groups is 1. The molecule has 0 aliphatic heterocycles. The molecule has 1 N–H and O–H groups in total. The summed E-state index contributed by atoms with van der Waals surface area (Å²) in [4.78, 5) is 27.0. The van der Waals surface area contributed by atoms with Gasteiger partial charge in [-0.15, -0.1) is 35.3 Å². The van der Waals surface area contributed by atoms with Crippen molar-refractivity contribution in [1.82, 2.24) is 14.9 Å². The third kappa shape index (κ3) is 3.22. The van der Waals surface area contributed by atoms with Gasteiger partial charge in [-0.05, 0) is 11.4 Å². The lowest BCUT2D eigenvalue weighted by Gasteiger charge is -2.05. The number of rotatable bonds is 4. The van der Waals surface area contributed by atoms with Gasteiger partial charge in [0.15, 0.2) is 0 Å². The Morgan fingerprint density at radius 2 is 2.33 bits per heavy atom. The van der Waals surface area contributed by atoms with Gasteiger partial charge in [0.25, 0.3) is 5.56 Å². The molecule has 2 rings (SSSR count). The number of nitrogens with zero attached hydrogens (tertiary/aromatic N) is 2. The monoisotopic (exact) mass is 307 g/mol. The minimum Gasteiger partial charge on any atom is -0.353 e. The van der Waals surface area contributed by atoms with E-state index >= 15 is 0 Å². The van der Waals surface area contributed by atoms with Crippen molar-refractivity contribution in [1.29, 1.82) is 0 Å². The Bertz CT molecular complexity index is 596. The highest BCUT2D eigenvalue weighted by Crippen LogP contribution is 2.12. The van der Waals surface area contributed by atoms with Crippen molar-refractivity contribution in [3.05, 3.63) is 28.1 Å². The fourth-order valence-corrected chi connectivity index (χ4v) is 2.29. The van der Waals surface area contributed by atoms with Crippen molar-refractivity contribution in [2.45, 2.75) is 6.54 Å². The summed E-state index contributed by atoms with van der Waals surface area (Å²) in [5.74, 6) is -0.318. The van der Waals surface area contributed by atoms with E-state index in [0.29, 0.717) is 23.3 Å². The van der Waals surface area contributed by atoms with Gasteiger partial charge in [0.2, 0.25) is 5.91 Å². The van der Waals surface area contributed by atoms with Crippen molar-refractivity contribution >= 4 is 51.5 Å². The molecule has 0 aliphatic carbocycles. The number of carbonyl (C=O) groups excluding carboxylic acids is 1. The number of hydrogen-bond donors (Lipinski definition) is 1. The summed E-state index contributed by atoms with van der Waals surface area (Å²) < 4.78 is 2.11. The number of amides is 1. The lowest BCUT2D eigenvalue weighted by molar-refractivity contribution is -0.118. The average molecular weight is 308 g/mol. The highest BCUT2D eigenvalue weighted by molar-refractivity contribution is 7.17. The van der Waals surface area contributed by atoms with E-state index in [1.807, 2.05) is 5.38 Å². The summed E-state index contributed by atoms with van der Waals surface area (Å²) in [6.07, 6.45) is 1.49. The van der Waals surface area contributed by atoms with E-state index in [2.05, 4.69) is 10.3 Å². The predicted molar refractivity (Wildman–Crippen MR) is 74.9 cm³/mol. The van der Waals surface area contributed by atoms with E-state index in [-0.39, 0.29) is 29.8 Å². The van der Waals surface area contributed by atoms with Crippen molar-refractivity contribution in [2.24, 2.45) is 0 Å². The van der Waals surface area contributed by atoms with Gasteiger partial charge in [-0.1, -0.05) is 0 Å². The van der Waals surface area contributed by atoms with Crippen LogP contribution >= 0.6 is 35.3 Å². The zero-order valence-corrected chi connectivity index (χ0v) is 11.6. The molecule has 2 heterocycles. The Kier molecular flexibility index (Phi) is 5.58. The molecule has 2 aromatic heterocycles. The van der Waals surface area contributed by atoms with Crippen LogP contribution in [0.5, 0.6) is 0 Å². The maximum Gasteiger partial charge on any atom is 0.271 e. The standard InChI is InChI=1S/C10H10ClN3O2S.ClH/c11-5-8(15)12-2-3-14-6-13-7-1-4-17-9(7)10(14)16;/h1,4,6H,2-3,5H2,(H,12,15);1H. The number of halogens is 2. The van der Waals surface area contributed by atoms with Crippen LogP contribution in [0, 0.1) is 0 Å². The van der Waals surface area contributed by atoms with Crippen LogP contribution in [-0.2, 0) is 11.3 Å². The predicted octanol–water partition coefficient (Wildman–Crippen LogP) is 1.23. The molecule has 5 nitrogen and oxygen atoms in total. The quantitative estimate of drug-likeness (QED) is 0.864. The first-order valence-electron chi connectivity index (χ1n) is 4.97. The highest BCUT2D eigenvalue weighted by atomic mass is 35.5. The molecule has 1 amide bonds. The van der Waals surface area contributed by atoms with Gasteiger partial charge in [0, 0.05) is 13.1 Å². The van der Waals surface area contributed by atoms with Gasteiger partial charge >= 0.3 is 0 Å². The molecule has 0 saturated heterocycles. The molecular weight excluding hydrogens is 297 g/mol. The zero-order chi connectivity index (χ0) is 12.3. The van der Waals surface area contributed by atoms with Crippen LogP contribution in [-0.4, -0.2) is 27.9 Å². The SMILES string of the molecule is Cl.O=C(CCl)NCCn1cnc2ccsc2c1=O. The number of fused-ring (bicyclic) bond motifs is 1. The van der Waals surface area contributed by atoms with E-state index in [4.69, 9.17) is 11.6 Å². The number of thiophene rings is 1. The van der Waals surface area contributed by atoms with Gasteiger partial charge in [-0.2, -0.15) is 0 Å². The van der Waals surface area contributed by atoms with Gasteiger partial charge < -0.3 is 5.32 Å². The minimum atomic E-state index is -0.245. The van der Waals surface area contributed by atoms with Gasteiger partial charge in [-0.25, -0.2) is 4.98 Å². The molecule has 0 fully saturated rings. The van der Waals surface area contributed by atoms with Crippen LogP contribution in [0.3, 0.4) is 0 Å². The second-order valence-electron chi connectivity index (χ2n) is 3.36. The Morgan fingerprint density at radius 3 is 3.06 bits per heavy atom. The summed E-state index contributed by atoms with van der Waals surface area (Å²) in [5, 5.41) is 4.43. The van der Waals surface area contributed by atoms with E-state index in [1.165, 1.54) is 22.2 Å². The number of hydrogen-bond acceptors (Lipinski definition) is 4. The van der Waals surface area contributed by atoms with Crippen LogP contribution in [0.25, 0.3) is 10.2 Å². The molecule has 0 aliphatic rings. The normalized spacial score (nSPS) is 10.1. The molecule has 2 aromatic rings. The molecule has 0 radical (unpaired) electrons. The van der Waals surface area contributed by atoms with Crippen LogP contribution in [0.4, 0.5) is 0 Å². The molecule has 0 unspecified atom stereocenters. The van der Waals surface area contributed by atoms with Crippen molar-refractivity contribution in [2.75, 3.05) is 12.4 Å². The van der Waals surface area contributed by atoms with E-state index in [1.54, 1.807) is 6.07 Å². The molecule has 0 aromatic carbocycles. The molecule has 0 bridgehead atoms. The Balaban J connectivity index is 0.00000162. The molecule has 8 heteroatoms. The van der Waals surface area contributed by atoms with Gasteiger partial charge in [0.1, 0.15) is 10.6 Å². The van der Waals surface area contributed by atoms with Crippen LogP contribution in [0.15, 0.2) is 22.6 Å². The summed E-state index contributed by atoms with van der Waals surface area (Å²) in [6, 6.07) is 1.81. The summed E-state index contributed by atoms with van der Waals surface area (Å²) in [6.45, 7) is 0.756. The minimum absolute atomic E-state index is 0. The fraction of sp³-hybridized carbons (Fsp3) is 0.300. The van der Waals surface area contributed by atoms with Gasteiger partial charge in [0.05, 0.1) is 11.8 Å². The first-order chi connectivity index (χ1) is 8.22. The van der Waals surface area contributed by atoms with Crippen LogP contribution < -0.4 is 10.9 Å². The third-order valence-electron chi connectivity index (χ3n) is 2.23. The van der Waals surface area contributed by atoms with E-state index in [9.17, 15) is 9.59 Å². The maximum absolute atomic E-state index is 11.9. The maximum atomic E-state index is 11.9. The third-order valence-corrected chi connectivity index (χ3v) is 3.37. The topological polar surface area (TPSA) is 64.0 Å². The Morgan fingerprint density at radius 1 is 1.56 bits per heavy atom. The summed E-state index contributed by atoms with van der Waals surface area (Å²) in [5.41, 5.74) is 0.631. The van der Waals surface area contributed by atoms with Crippen molar-refractivity contribution < 1.29 is 4.79 Å². The molecular formula is C10H11Cl2N3O2S. The largest absolute Gasteiger partial charge is 0.353 e. The lowest BCUT2D eigenvalue weighted by atomic mass is 10.4. The second-order valence-corrected chi connectivity index (χ2v) is 4.55. The van der Waals surface area contributed by atoms with Crippen LogP contribution in [0.1, 0.15) is 0 Å². The first kappa shape index (κ1) is 14.9. The summed E-state index contributed by atoms with van der Waals surface area (Å²) in [7, 11) is 0. The van der Waals surface area contributed by atoms with Crippen molar-refractivity contribution in [3.8, 4) is 0 Å². The van der Waals surface area contributed by atoms with Crippen LogP contribution in [0.2, 0.25) is 0 Å². The van der Waals surface area contributed by atoms with E-state index in [0.717, 1.165) is 0 Å². The molecule has 0 saturated carbocycles. The lowest BCUT2D eigenvalue weighted by Crippen LogP contribution is -2.31. The first-order valence-corrected chi connectivity index (χ1v) is 6.39. The molecule has 0 atom stereocenters. The number of aromatic nitrogens is 2. The fourth-order valence-electron chi connectivity index (χ4n) is 1.40. The molecule has 0 spiro atoms. The summed E-state index contributed by atoms with van der Waals surface area (Å²) >= 11 is 6.71. The smallest absolute Gasteiger partial charge is 0.271 e. The Hall–Kier alpha value is -1.11. The molecule has 18 heavy (non-hydrogen) atoms. The highest BCUT2D eigenvalue weighted by Gasteiger charge is 2.05. The Labute approximate surface area is 118 Å². The van der Waals surface area contributed by atoms with Gasteiger partial charge in [-0.3, -0.25) is 14.2 Å². The zero-order valence-electron chi connectivity index (χ0n) is 9.26. The van der Waals surface area contributed by atoms with E-state index < -0.39 is 0 Å². The van der Waals surface area contributed by atoms with Crippen molar-refractivity contribution in [3.63, 3.8) is 0 Å². The number of alkyl halides is 1. The second kappa shape index (κ2) is 6.72. The average Bonchev–Trinajstić information content (AvgIpc) is 2.81.